The number of aromatic nitrogens is 1. The third-order valence-corrected chi connectivity index (χ3v) is 7.33. The predicted molar refractivity (Wildman–Crippen MR) is 108 cm³/mol. The Morgan fingerprint density at radius 2 is 1.68 bits per heavy atom. The van der Waals surface area contributed by atoms with Crippen molar-refractivity contribution in [1.82, 2.24) is 13.8 Å². The van der Waals surface area contributed by atoms with Crippen LogP contribution in [-0.2, 0) is 27.5 Å². The van der Waals surface area contributed by atoms with Gasteiger partial charge in [-0.3, -0.25) is 9.59 Å². The second-order valence-electron chi connectivity index (χ2n) is 6.74. The normalized spacial score (nSPS) is 15.8. The summed E-state index contributed by atoms with van der Waals surface area (Å²) in [6.45, 7) is -0.674. The topological polar surface area (TPSA) is 79.7 Å². The molecule has 1 aliphatic heterocycles. The molecule has 1 saturated heterocycles. The summed E-state index contributed by atoms with van der Waals surface area (Å²) in [6, 6.07) is 5.44. The third kappa shape index (κ3) is 5.22. The monoisotopic (exact) mass is 497 g/mol. The van der Waals surface area contributed by atoms with Gasteiger partial charge in [0.05, 0.1) is 10.6 Å². The summed E-state index contributed by atoms with van der Waals surface area (Å²) >= 11 is 11.9. The number of nitrogens with zero attached hydrogens (tertiary/aromatic N) is 3. The van der Waals surface area contributed by atoms with Crippen LogP contribution in [0.1, 0.15) is 5.56 Å². The summed E-state index contributed by atoms with van der Waals surface area (Å²) < 4.78 is 66.0. The van der Waals surface area contributed by atoms with E-state index in [2.05, 4.69) is 0 Å². The molecule has 0 atom stereocenters. The van der Waals surface area contributed by atoms with Gasteiger partial charge in [0.1, 0.15) is 11.4 Å². The van der Waals surface area contributed by atoms with Crippen molar-refractivity contribution in [2.75, 3.05) is 26.2 Å². The summed E-state index contributed by atoms with van der Waals surface area (Å²) in [7, 11) is -3.95. The standard InChI is InChI=1S/C18H16Cl2F3N3O4S/c19-13-2-3-14(20)15(9-13)31(29,30)26-7-5-24(6-8-26)17(28)11-25-10-12(18(21,22)23)1-4-16(25)27/h1-4,9-10H,5-8,11H2. The highest BCUT2D eigenvalue weighted by Crippen LogP contribution is 2.29. The van der Waals surface area contributed by atoms with Gasteiger partial charge in [-0.25, -0.2) is 8.42 Å². The van der Waals surface area contributed by atoms with Gasteiger partial charge in [-0.05, 0) is 24.3 Å². The molecule has 1 aromatic heterocycles. The lowest BCUT2D eigenvalue weighted by Crippen LogP contribution is -2.51. The number of carbonyl (C=O) groups excluding carboxylic acids is 1. The van der Waals surface area contributed by atoms with E-state index >= 15 is 0 Å². The van der Waals surface area contributed by atoms with Gasteiger partial charge in [-0.1, -0.05) is 23.2 Å². The number of carbonyl (C=O) groups is 1. The maximum Gasteiger partial charge on any atom is 0.417 e. The second kappa shape index (κ2) is 8.81. The SMILES string of the molecule is O=C(Cn1cc(C(F)(F)F)ccc1=O)N1CCN(S(=O)(=O)c2cc(Cl)ccc2Cl)CC1. The van der Waals surface area contributed by atoms with E-state index in [9.17, 15) is 31.2 Å². The van der Waals surface area contributed by atoms with Crippen LogP contribution in [0.2, 0.25) is 10.0 Å². The van der Waals surface area contributed by atoms with Crippen molar-refractivity contribution in [3.8, 4) is 0 Å². The van der Waals surface area contributed by atoms with Crippen molar-refractivity contribution in [2.45, 2.75) is 17.6 Å². The Morgan fingerprint density at radius 3 is 2.29 bits per heavy atom. The molecule has 3 rings (SSSR count). The Balaban J connectivity index is 1.69. The Bertz CT molecular complexity index is 1160. The number of pyridine rings is 1. The van der Waals surface area contributed by atoms with E-state index in [4.69, 9.17) is 23.2 Å². The van der Waals surface area contributed by atoms with Gasteiger partial charge >= 0.3 is 6.18 Å². The first kappa shape index (κ1) is 23.6. The fourth-order valence-corrected chi connectivity index (χ4v) is 5.22. The van der Waals surface area contributed by atoms with Crippen LogP contribution in [-0.4, -0.2) is 54.3 Å². The summed E-state index contributed by atoms with van der Waals surface area (Å²) in [5.74, 6) is -0.598. The van der Waals surface area contributed by atoms with E-state index in [1.807, 2.05) is 0 Å². The number of halogens is 5. The minimum absolute atomic E-state index is 0.00393. The summed E-state index contributed by atoms with van der Waals surface area (Å²) in [5.41, 5.74) is -1.80. The lowest BCUT2D eigenvalue weighted by Gasteiger charge is -2.34. The Hall–Kier alpha value is -2.08. The molecule has 0 bridgehead atoms. The van der Waals surface area contributed by atoms with Gasteiger partial charge < -0.3 is 9.47 Å². The number of hydrogen-bond acceptors (Lipinski definition) is 4. The molecule has 0 saturated carbocycles. The fraction of sp³-hybridized carbons (Fsp3) is 0.333. The molecule has 7 nitrogen and oxygen atoms in total. The van der Waals surface area contributed by atoms with Gasteiger partial charge in [0.25, 0.3) is 5.56 Å². The third-order valence-electron chi connectivity index (χ3n) is 4.72. The van der Waals surface area contributed by atoms with Gasteiger partial charge in [0, 0.05) is 43.5 Å². The van der Waals surface area contributed by atoms with Crippen LogP contribution < -0.4 is 5.56 Å². The molecule has 0 spiro atoms. The minimum atomic E-state index is -4.65. The maximum absolute atomic E-state index is 12.8. The Labute approximate surface area is 185 Å². The number of piperazine rings is 1. The molecule has 1 fully saturated rings. The number of benzene rings is 1. The molecule has 31 heavy (non-hydrogen) atoms. The van der Waals surface area contributed by atoms with Crippen molar-refractivity contribution in [2.24, 2.45) is 0 Å². The average Bonchev–Trinajstić information content (AvgIpc) is 2.70. The van der Waals surface area contributed by atoms with Gasteiger partial charge in [-0.15, -0.1) is 0 Å². The van der Waals surface area contributed by atoms with Crippen molar-refractivity contribution >= 4 is 39.1 Å². The van der Waals surface area contributed by atoms with Crippen molar-refractivity contribution < 1.29 is 26.4 Å². The number of hydrogen-bond donors (Lipinski definition) is 0. The predicted octanol–water partition coefficient (Wildman–Crippen LogP) is 2.71. The quantitative estimate of drug-likeness (QED) is 0.650. The Morgan fingerprint density at radius 1 is 1.03 bits per heavy atom. The molecule has 1 aromatic carbocycles. The first-order valence-corrected chi connectivity index (χ1v) is 11.1. The zero-order chi connectivity index (χ0) is 23.0. The van der Waals surface area contributed by atoms with Crippen molar-refractivity contribution in [3.05, 3.63) is 62.5 Å². The molecule has 0 radical (unpaired) electrons. The van der Waals surface area contributed by atoms with Crippen LogP contribution in [0.5, 0.6) is 0 Å². The molecular formula is C18H16Cl2F3N3O4S. The highest BCUT2D eigenvalue weighted by Gasteiger charge is 2.33. The van der Waals surface area contributed by atoms with Crippen LogP contribution in [0.3, 0.4) is 0 Å². The van der Waals surface area contributed by atoms with E-state index in [0.29, 0.717) is 16.8 Å². The average molecular weight is 498 g/mol. The van der Waals surface area contributed by atoms with Gasteiger partial charge in [0.2, 0.25) is 15.9 Å². The molecule has 0 N–H and O–H groups in total. The number of alkyl halides is 3. The second-order valence-corrected chi connectivity index (χ2v) is 9.49. The minimum Gasteiger partial charge on any atom is -0.339 e. The van der Waals surface area contributed by atoms with E-state index in [1.54, 1.807) is 0 Å². The van der Waals surface area contributed by atoms with Crippen LogP contribution in [0, 0.1) is 0 Å². The molecule has 1 amide bonds. The van der Waals surface area contributed by atoms with Crippen molar-refractivity contribution in [3.63, 3.8) is 0 Å². The van der Waals surface area contributed by atoms with Crippen LogP contribution in [0.25, 0.3) is 0 Å². The van der Waals surface area contributed by atoms with E-state index in [-0.39, 0.29) is 41.1 Å². The highest BCUT2D eigenvalue weighted by molar-refractivity contribution is 7.89. The molecule has 0 unspecified atom stereocenters. The van der Waals surface area contributed by atoms with Gasteiger partial charge in [0.15, 0.2) is 0 Å². The molecule has 2 heterocycles. The Kier molecular flexibility index (Phi) is 6.70. The van der Waals surface area contributed by atoms with E-state index in [1.165, 1.54) is 23.1 Å². The van der Waals surface area contributed by atoms with Crippen LogP contribution in [0.4, 0.5) is 13.2 Å². The lowest BCUT2D eigenvalue weighted by atomic mass is 10.2. The van der Waals surface area contributed by atoms with Crippen LogP contribution in [0.15, 0.2) is 46.2 Å². The summed E-state index contributed by atoms with van der Waals surface area (Å²) in [5, 5.41) is 0.204. The van der Waals surface area contributed by atoms with E-state index in [0.717, 1.165) is 10.4 Å². The molecule has 0 aliphatic carbocycles. The largest absolute Gasteiger partial charge is 0.417 e. The molecule has 1 aliphatic rings. The molecule has 13 heteroatoms. The lowest BCUT2D eigenvalue weighted by molar-refractivity contribution is -0.139. The highest BCUT2D eigenvalue weighted by atomic mass is 35.5. The van der Waals surface area contributed by atoms with Gasteiger partial charge in [-0.2, -0.15) is 17.5 Å². The first-order valence-electron chi connectivity index (χ1n) is 8.90. The molecule has 168 valence electrons. The summed E-state index contributed by atoms with van der Waals surface area (Å²) in [6.07, 6.45) is -4.07. The molecule has 2 aromatic rings. The number of rotatable bonds is 4. The smallest absolute Gasteiger partial charge is 0.339 e. The summed E-state index contributed by atoms with van der Waals surface area (Å²) in [4.78, 5) is 25.4. The van der Waals surface area contributed by atoms with Crippen molar-refractivity contribution in [1.29, 1.82) is 0 Å². The van der Waals surface area contributed by atoms with E-state index < -0.39 is 39.8 Å². The van der Waals surface area contributed by atoms with Crippen LogP contribution >= 0.6 is 23.2 Å². The number of sulfonamides is 1. The maximum atomic E-state index is 12.8. The first-order chi connectivity index (χ1) is 14.4. The zero-order valence-electron chi connectivity index (χ0n) is 15.8. The fourth-order valence-electron chi connectivity index (χ4n) is 3.06. The zero-order valence-corrected chi connectivity index (χ0v) is 18.1. The number of amides is 1. The molecular weight excluding hydrogens is 482 g/mol.